The molecule has 0 aliphatic heterocycles. The normalized spacial score (nSPS) is 11.7. The Bertz CT molecular complexity index is 1140. The SMILES string of the molecule is COC(=O)C[C@H](CCOC(=O)OCCCCO)c1ccc(N(CC(C)C)CC(C)C)c(NC(=O)Nc2ccc(C)cc2)c1. The number of aryl methyl sites for hydroxylation is 1. The minimum absolute atomic E-state index is 0.0313. The number of methoxy groups -OCH3 is 1. The van der Waals surface area contributed by atoms with Gasteiger partial charge in [-0.25, -0.2) is 9.59 Å². The van der Waals surface area contributed by atoms with Crippen LogP contribution in [-0.4, -0.2) is 63.3 Å². The van der Waals surface area contributed by atoms with Gasteiger partial charge in [-0.2, -0.15) is 0 Å². The van der Waals surface area contributed by atoms with E-state index in [0.717, 1.165) is 29.9 Å². The maximum Gasteiger partial charge on any atom is 0.508 e. The highest BCUT2D eigenvalue weighted by molar-refractivity contribution is 6.02. The average Bonchev–Trinajstić information content (AvgIpc) is 2.95. The fourth-order valence-electron chi connectivity index (χ4n) is 4.62. The number of carbonyl (C=O) groups excluding carboxylic acids is 3. The first-order valence-electron chi connectivity index (χ1n) is 15.0. The van der Waals surface area contributed by atoms with E-state index >= 15 is 0 Å². The van der Waals surface area contributed by atoms with E-state index in [0.29, 0.717) is 42.5 Å². The van der Waals surface area contributed by atoms with Gasteiger partial charge in [0.15, 0.2) is 0 Å². The van der Waals surface area contributed by atoms with Gasteiger partial charge >= 0.3 is 18.2 Å². The fraction of sp³-hybridized carbons (Fsp3) is 0.545. The lowest BCUT2D eigenvalue weighted by Crippen LogP contribution is -2.32. The van der Waals surface area contributed by atoms with E-state index in [4.69, 9.17) is 19.3 Å². The number of nitrogens with one attached hydrogen (secondary N) is 2. The zero-order valence-corrected chi connectivity index (χ0v) is 26.5. The van der Waals surface area contributed by atoms with Crippen LogP contribution in [0, 0.1) is 18.8 Å². The van der Waals surface area contributed by atoms with Crippen LogP contribution >= 0.6 is 0 Å². The van der Waals surface area contributed by atoms with Crippen LogP contribution in [0.1, 0.15) is 70.4 Å². The molecule has 0 bridgehead atoms. The van der Waals surface area contributed by atoms with Crippen molar-refractivity contribution in [2.24, 2.45) is 11.8 Å². The van der Waals surface area contributed by atoms with Crippen molar-refractivity contribution in [1.29, 1.82) is 0 Å². The molecule has 10 heteroatoms. The Labute approximate surface area is 256 Å². The number of urea groups is 1. The van der Waals surface area contributed by atoms with Crippen molar-refractivity contribution in [1.82, 2.24) is 0 Å². The molecule has 0 aliphatic carbocycles. The van der Waals surface area contributed by atoms with Gasteiger partial charge in [-0.05, 0) is 73.8 Å². The molecule has 0 radical (unpaired) electrons. The van der Waals surface area contributed by atoms with E-state index in [-0.39, 0.29) is 38.2 Å². The number of ether oxygens (including phenoxy) is 3. The monoisotopic (exact) mass is 599 g/mol. The molecular weight excluding hydrogens is 550 g/mol. The van der Waals surface area contributed by atoms with Crippen LogP contribution in [-0.2, 0) is 19.0 Å². The summed E-state index contributed by atoms with van der Waals surface area (Å²) in [6, 6.07) is 13.0. The summed E-state index contributed by atoms with van der Waals surface area (Å²) in [7, 11) is 1.33. The Morgan fingerprint density at radius 1 is 0.884 bits per heavy atom. The van der Waals surface area contributed by atoms with Gasteiger partial charge in [0.25, 0.3) is 0 Å². The summed E-state index contributed by atoms with van der Waals surface area (Å²) in [6.07, 6.45) is 0.702. The Hall–Kier alpha value is -3.79. The van der Waals surface area contributed by atoms with Crippen LogP contribution in [0.25, 0.3) is 0 Å². The van der Waals surface area contributed by atoms with E-state index in [2.05, 4.69) is 43.2 Å². The number of aliphatic hydroxyl groups is 1. The lowest BCUT2D eigenvalue weighted by molar-refractivity contribution is -0.141. The highest BCUT2D eigenvalue weighted by Crippen LogP contribution is 2.34. The van der Waals surface area contributed by atoms with Crippen LogP contribution in [0.5, 0.6) is 0 Å². The summed E-state index contributed by atoms with van der Waals surface area (Å²) < 4.78 is 15.2. The molecule has 0 aromatic heterocycles. The van der Waals surface area contributed by atoms with E-state index in [1.807, 2.05) is 49.4 Å². The minimum atomic E-state index is -0.793. The van der Waals surface area contributed by atoms with Gasteiger partial charge in [0.1, 0.15) is 0 Å². The highest BCUT2D eigenvalue weighted by atomic mass is 16.7. The van der Waals surface area contributed by atoms with Crippen LogP contribution in [0.4, 0.5) is 26.7 Å². The Morgan fingerprint density at radius 3 is 2.14 bits per heavy atom. The first kappa shape index (κ1) is 35.4. The summed E-state index contributed by atoms with van der Waals surface area (Å²) in [5.41, 5.74) is 4.06. The van der Waals surface area contributed by atoms with Gasteiger partial charge in [0, 0.05) is 25.4 Å². The number of benzene rings is 2. The zero-order chi connectivity index (χ0) is 31.8. The average molecular weight is 600 g/mol. The van der Waals surface area contributed by atoms with Gasteiger partial charge < -0.3 is 34.9 Å². The predicted molar refractivity (Wildman–Crippen MR) is 170 cm³/mol. The molecule has 0 spiro atoms. The predicted octanol–water partition coefficient (Wildman–Crippen LogP) is 6.72. The van der Waals surface area contributed by atoms with Crippen molar-refractivity contribution in [3.63, 3.8) is 0 Å². The topological polar surface area (TPSA) is 126 Å². The van der Waals surface area contributed by atoms with Gasteiger partial charge in [-0.3, -0.25) is 4.79 Å². The number of carbonyl (C=O) groups is 3. The number of rotatable bonds is 17. The van der Waals surface area contributed by atoms with Crippen LogP contribution in [0.3, 0.4) is 0 Å². The number of aliphatic hydroxyl groups excluding tert-OH is 1. The molecule has 2 aromatic carbocycles. The van der Waals surface area contributed by atoms with Crippen LogP contribution in [0.2, 0.25) is 0 Å². The van der Waals surface area contributed by atoms with Crippen molar-refractivity contribution in [2.45, 2.75) is 66.2 Å². The van der Waals surface area contributed by atoms with Crippen molar-refractivity contribution in [3.8, 4) is 0 Å². The first-order valence-corrected chi connectivity index (χ1v) is 15.0. The third-order valence-corrected chi connectivity index (χ3v) is 6.66. The summed E-state index contributed by atoms with van der Waals surface area (Å²) in [5, 5.41) is 14.8. The Kier molecular flexibility index (Phi) is 15.4. The van der Waals surface area contributed by atoms with E-state index in [1.54, 1.807) is 0 Å². The third-order valence-electron chi connectivity index (χ3n) is 6.66. The second kappa shape index (κ2) is 18.7. The number of unbranched alkanes of at least 4 members (excludes halogenated alkanes) is 1. The quantitative estimate of drug-likeness (QED) is 0.135. The number of nitrogens with zero attached hydrogens (tertiary/aromatic N) is 1. The molecular formula is C33H49N3O7. The summed E-state index contributed by atoms with van der Waals surface area (Å²) >= 11 is 0. The number of anilines is 3. The summed E-state index contributed by atoms with van der Waals surface area (Å²) in [5.74, 6) is 0.0436. The second-order valence-corrected chi connectivity index (χ2v) is 11.6. The highest BCUT2D eigenvalue weighted by Gasteiger charge is 2.22. The minimum Gasteiger partial charge on any atom is -0.469 e. The van der Waals surface area contributed by atoms with Crippen molar-refractivity contribution >= 4 is 35.2 Å². The molecule has 10 nitrogen and oxygen atoms in total. The Balaban J connectivity index is 2.34. The lowest BCUT2D eigenvalue weighted by Gasteiger charge is -2.31. The van der Waals surface area contributed by atoms with E-state index in [9.17, 15) is 14.4 Å². The second-order valence-electron chi connectivity index (χ2n) is 11.6. The number of esters is 1. The zero-order valence-electron chi connectivity index (χ0n) is 26.5. The van der Waals surface area contributed by atoms with Gasteiger partial charge in [0.2, 0.25) is 0 Å². The number of hydrogen-bond acceptors (Lipinski definition) is 8. The van der Waals surface area contributed by atoms with Crippen molar-refractivity contribution < 1.29 is 33.7 Å². The number of hydrogen-bond donors (Lipinski definition) is 3. The molecule has 0 aliphatic rings. The maximum absolute atomic E-state index is 13.2. The molecule has 2 amide bonds. The molecule has 2 rings (SSSR count). The molecule has 3 N–H and O–H groups in total. The van der Waals surface area contributed by atoms with Crippen LogP contribution < -0.4 is 15.5 Å². The largest absolute Gasteiger partial charge is 0.508 e. The molecule has 0 saturated heterocycles. The maximum atomic E-state index is 13.2. The number of amides is 2. The molecule has 0 unspecified atom stereocenters. The van der Waals surface area contributed by atoms with Gasteiger partial charge in [-0.1, -0.05) is 51.5 Å². The van der Waals surface area contributed by atoms with Gasteiger partial charge in [-0.15, -0.1) is 0 Å². The lowest BCUT2D eigenvalue weighted by atomic mass is 9.91. The first-order chi connectivity index (χ1) is 20.5. The Morgan fingerprint density at radius 2 is 1.53 bits per heavy atom. The summed E-state index contributed by atoms with van der Waals surface area (Å²) in [6.45, 7) is 12.4. The van der Waals surface area contributed by atoms with Crippen molar-refractivity contribution in [2.75, 3.05) is 55.6 Å². The molecule has 2 aromatic rings. The smallest absolute Gasteiger partial charge is 0.469 e. The van der Waals surface area contributed by atoms with E-state index < -0.39 is 12.1 Å². The molecule has 0 saturated carbocycles. The fourth-order valence-corrected chi connectivity index (χ4v) is 4.62. The standard InChI is InChI=1S/C33H49N3O7/c1-23(2)21-36(22-24(3)4)30-14-11-26(19-29(30)35-32(39)34-28-12-9-25(5)10-13-28)27(20-31(38)41-6)15-18-43-33(40)42-17-8-7-16-37/h9-14,19,23-24,27,37H,7-8,15-18,20-22H2,1-6H3,(H2,34,35,39)/t27-/m0/s1. The molecule has 1 atom stereocenters. The molecule has 238 valence electrons. The molecule has 0 heterocycles. The molecule has 43 heavy (non-hydrogen) atoms. The van der Waals surface area contributed by atoms with Gasteiger partial charge in [0.05, 0.1) is 38.1 Å². The van der Waals surface area contributed by atoms with Crippen LogP contribution in [0.15, 0.2) is 42.5 Å². The third kappa shape index (κ3) is 13.4. The summed E-state index contributed by atoms with van der Waals surface area (Å²) in [4.78, 5) is 39.8. The van der Waals surface area contributed by atoms with E-state index in [1.165, 1.54) is 7.11 Å². The molecule has 0 fully saturated rings. The van der Waals surface area contributed by atoms with Crippen molar-refractivity contribution in [3.05, 3.63) is 53.6 Å².